The second-order valence-electron chi connectivity index (χ2n) is 11.6. The maximum absolute atomic E-state index is 13.7. The topological polar surface area (TPSA) is 52.6 Å². The van der Waals surface area contributed by atoms with Crippen molar-refractivity contribution in [3.05, 3.63) is 153 Å². The summed E-state index contributed by atoms with van der Waals surface area (Å²) in [6.07, 6.45) is 0.610. The Kier molecular flexibility index (Phi) is 12.0. The molecule has 0 amide bonds. The molecular formula is C42H33BrClFO4S2. The van der Waals surface area contributed by atoms with E-state index in [-0.39, 0.29) is 17.8 Å². The summed E-state index contributed by atoms with van der Waals surface area (Å²) in [6, 6.07) is 36.4. The van der Waals surface area contributed by atoms with Gasteiger partial charge in [0.1, 0.15) is 5.82 Å². The Bertz CT molecular complexity index is 2330. The van der Waals surface area contributed by atoms with Crippen molar-refractivity contribution in [2.24, 2.45) is 0 Å². The summed E-state index contributed by atoms with van der Waals surface area (Å²) in [5.74, 6) is -0.926. The van der Waals surface area contributed by atoms with Crippen LogP contribution in [0, 0.1) is 5.82 Å². The van der Waals surface area contributed by atoms with Gasteiger partial charge in [0.2, 0.25) is 0 Å². The van der Waals surface area contributed by atoms with Crippen molar-refractivity contribution in [3.8, 4) is 22.3 Å². The normalized spacial score (nSPS) is 10.9. The molecule has 4 nitrogen and oxygen atoms in total. The largest absolute Gasteiger partial charge is 0.462 e. The Labute approximate surface area is 317 Å². The Morgan fingerprint density at radius 3 is 1.69 bits per heavy atom. The molecule has 0 spiro atoms. The van der Waals surface area contributed by atoms with E-state index in [1.807, 2.05) is 55.5 Å². The second kappa shape index (κ2) is 16.8. The highest BCUT2D eigenvalue weighted by atomic mass is 79.9. The standard InChI is InChI=1S/C24H18ClFO2S.C18H15BrO2S/c1-2-28-24(27)18-7-3-5-16(12-18)22-8-4-6-17-13-21(29-23(17)22)11-15-9-19(25)14-20(26)10-15;1-2-21-18(20)14-7-3-5-12(9-14)16-8-4-6-13-10-15(11-19)22-17(13)16/h3-10,12-14H,2,11H2,1H3;3-10H,2,11H2,1H3. The summed E-state index contributed by atoms with van der Waals surface area (Å²) in [7, 11) is 0. The zero-order valence-electron chi connectivity index (χ0n) is 27.9. The summed E-state index contributed by atoms with van der Waals surface area (Å²) in [5.41, 5.74) is 6.18. The molecule has 0 N–H and O–H groups in total. The SMILES string of the molecule is CCOC(=O)c1cccc(-c2cccc3cc(CBr)sc23)c1.CCOC(=O)c1cccc(-c2cccc3cc(Cc4cc(F)cc(Cl)c4)sc23)c1. The first-order chi connectivity index (χ1) is 24.8. The molecule has 0 bridgehead atoms. The van der Waals surface area contributed by atoms with Crippen LogP contribution >= 0.6 is 50.2 Å². The molecule has 0 unspecified atom stereocenters. The molecular weight excluding hydrogens is 767 g/mol. The van der Waals surface area contributed by atoms with E-state index < -0.39 is 0 Å². The highest BCUT2D eigenvalue weighted by Gasteiger charge is 2.14. The van der Waals surface area contributed by atoms with Crippen LogP contribution in [0.25, 0.3) is 42.4 Å². The number of benzene rings is 5. The lowest BCUT2D eigenvalue weighted by molar-refractivity contribution is 0.0517. The van der Waals surface area contributed by atoms with Crippen molar-refractivity contribution in [3.63, 3.8) is 0 Å². The summed E-state index contributed by atoms with van der Waals surface area (Å²) < 4.78 is 26.2. The van der Waals surface area contributed by atoms with Gasteiger partial charge in [-0.05, 0) is 107 Å². The van der Waals surface area contributed by atoms with E-state index in [1.54, 1.807) is 47.8 Å². The van der Waals surface area contributed by atoms with Crippen LogP contribution in [0.1, 0.15) is 49.9 Å². The van der Waals surface area contributed by atoms with Crippen LogP contribution in [0.2, 0.25) is 5.02 Å². The maximum Gasteiger partial charge on any atom is 0.338 e. The summed E-state index contributed by atoms with van der Waals surface area (Å²) >= 11 is 13.0. The third-order valence-corrected chi connectivity index (χ3v) is 11.6. The predicted molar refractivity (Wildman–Crippen MR) is 213 cm³/mol. The third kappa shape index (κ3) is 8.76. The summed E-state index contributed by atoms with van der Waals surface area (Å²) in [4.78, 5) is 26.4. The number of halogens is 3. The van der Waals surface area contributed by atoms with Crippen LogP contribution in [-0.2, 0) is 21.2 Å². The van der Waals surface area contributed by atoms with Gasteiger partial charge in [-0.15, -0.1) is 22.7 Å². The van der Waals surface area contributed by atoms with Crippen LogP contribution < -0.4 is 0 Å². The van der Waals surface area contributed by atoms with Gasteiger partial charge >= 0.3 is 11.9 Å². The average Bonchev–Trinajstić information content (AvgIpc) is 3.75. The van der Waals surface area contributed by atoms with Gasteiger partial charge < -0.3 is 9.47 Å². The van der Waals surface area contributed by atoms with E-state index in [2.05, 4.69) is 52.3 Å². The molecule has 7 rings (SSSR count). The van der Waals surface area contributed by atoms with Gasteiger partial charge in [0, 0.05) is 35.9 Å². The number of rotatable bonds is 9. The average molecular weight is 800 g/mol. The molecule has 9 heteroatoms. The van der Waals surface area contributed by atoms with Crippen molar-refractivity contribution in [2.75, 3.05) is 13.2 Å². The van der Waals surface area contributed by atoms with E-state index >= 15 is 0 Å². The minimum absolute atomic E-state index is 0.274. The van der Waals surface area contributed by atoms with E-state index in [9.17, 15) is 14.0 Å². The number of alkyl halides is 1. The molecule has 2 heterocycles. The maximum atomic E-state index is 13.7. The molecule has 0 aliphatic carbocycles. The number of thiophene rings is 2. The lowest BCUT2D eigenvalue weighted by Gasteiger charge is -2.06. The number of fused-ring (bicyclic) bond motifs is 2. The van der Waals surface area contributed by atoms with Gasteiger partial charge in [0.05, 0.1) is 24.3 Å². The monoisotopic (exact) mass is 798 g/mol. The Morgan fingerprint density at radius 2 is 1.18 bits per heavy atom. The molecule has 0 radical (unpaired) electrons. The molecule has 0 aliphatic heterocycles. The molecule has 51 heavy (non-hydrogen) atoms. The number of esters is 2. The fourth-order valence-electron chi connectivity index (χ4n) is 5.81. The van der Waals surface area contributed by atoms with Crippen molar-refractivity contribution >= 4 is 82.3 Å². The third-order valence-electron chi connectivity index (χ3n) is 7.99. The van der Waals surface area contributed by atoms with E-state index in [4.69, 9.17) is 21.1 Å². The molecule has 2 aromatic heterocycles. The zero-order valence-corrected chi connectivity index (χ0v) is 31.9. The molecule has 0 atom stereocenters. The molecule has 0 saturated heterocycles. The van der Waals surface area contributed by atoms with Gasteiger partial charge in [-0.3, -0.25) is 0 Å². The Hall–Kier alpha value is -4.34. The fourth-order valence-corrected chi connectivity index (χ4v) is 8.83. The predicted octanol–water partition coefficient (Wildman–Crippen LogP) is 12.8. The van der Waals surface area contributed by atoms with Crippen molar-refractivity contribution in [2.45, 2.75) is 25.6 Å². The second-order valence-corrected chi connectivity index (χ2v) is 14.8. The Balaban J connectivity index is 0.000000183. The molecule has 0 fully saturated rings. The van der Waals surface area contributed by atoms with Gasteiger partial charge in [0.15, 0.2) is 0 Å². The van der Waals surface area contributed by atoms with Gasteiger partial charge in [-0.25, -0.2) is 14.0 Å². The number of hydrogen-bond acceptors (Lipinski definition) is 6. The van der Waals surface area contributed by atoms with E-state index in [0.717, 1.165) is 48.1 Å². The molecule has 5 aromatic carbocycles. The van der Waals surface area contributed by atoms with Crippen molar-refractivity contribution < 1.29 is 23.5 Å². The lowest BCUT2D eigenvalue weighted by Crippen LogP contribution is -2.04. The number of carbonyl (C=O) groups is 2. The highest BCUT2D eigenvalue weighted by Crippen LogP contribution is 2.37. The summed E-state index contributed by atoms with van der Waals surface area (Å²) in [6.45, 7) is 4.34. The first-order valence-corrected chi connectivity index (χ1v) is 19.5. The number of ether oxygens (including phenoxy) is 2. The fraction of sp³-hybridized carbons (Fsp3) is 0.143. The molecule has 0 aliphatic rings. The first-order valence-electron chi connectivity index (χ1n) is 16.3. The quantitative estimate of drug-likeness (QED) is 0.108. The Morgan fingerprint density at radius 1 is 0.667 bits per heavy atom. The van der Waals surface area contributed by atoms with Crippen molar-refractivity contribution in [1.82, 2.24) is 0 Å². The smallest absolute Gasteiger partial charge is 0.338 e. The lowest BCUT2D eigenvalue weighted by atomic mass is 10.0. The van der Waals surface area contributed by atoms with Crippen LogP contribution in [0.5, 0.6) is 0 Å². The van der Waals surface area contributed by atoms with Crippen LogP contribution in [0.3, 0.4) is 0 Å². The van der Waals surface area contributed by atoms with Crippen molar-refractivity contribution in [1.29, 1.82) is 0 Å². The molecule has 0 saturated carbocycles. The molecule has 7 aromatic rings. The number of carbonyl (C=O) groups excluding carboxylic acids is 2. The van der Waals surface area contributed by atoms with Gasteiger partial charge in [-0.2, -0.15) is 0 Å². The zero-order chi connectivity index (χ0) is 35.9. The van der Waals surface area contributed by atoms with Gasteiger partial charge in [-0.1, -0.05) is 88.2 Å². The summed E-state index contributed by atoms with van der Waals surface area (Å²) in [5, 5.41) is 3.61. The van der Waals surface area contributed by atoms with Crippen LogP contribution in [0.4, 0.5) is 4.39 Å². The minimum atomic E-state index is -0.329. The highest BCUT2D eigenvalue weighted by molar-refractivity contribution is 9.08. The number of hydrogen-bond donors (Lipinski definition) is 0. The first kappa shape index (κ1) is 36.5. The van der Waals surface area contributed by atoms with Crippen LogP contribution in [-0.4, -0.2) is 25.2 Å². The minimum Gasteiger partial charge on any atom is -0.462 e. The van der Waals surface area contributed by atoms with Crippen LogP contribution in [0.15, 0.2) is 115 Å². The van der Waals surface area contributed by atoms with E-state index in [1.165, 1.54) is 27.1 Å². The van der Waals surface area contributed by atoms with E-state index in [0.29, 0.717) is 35.8 Å². The van der Waals surface area contributed by atoms with Gasteiger partial charge in [0.25, 0.3) is 0 Å². The molecule has 258 valence electrons.